The molecular weight excluding hydrogens is 604 g/mol. The largest absolute Gasteiger partial charge is 0.377 e. The second-order valence-corrected chi connectivity index (χ2v) is 14.0. The zero-order valence-corrected chi connectivity index (χ0v) is 26.0. The number of anilines is 3. The molecule has 2 aliphatic rings. The first-order valence-corrected chi connectivity index (χ1v) is 16.0. The molecule has 2 aromatic heterocycles. The van der Waals surface area contributed by atoms with E-state index in [4.69, 9.17) is 0 Å². The van der Waals surface area contributed by atoms with E-state index < -0.39 is 37.9 Å². The van der Waals surface area contributed by atoms with Crippen molar-refractivity contribution >= 4 is 33.1 Å². The fraction of sp³-hybridized carbons (Fsp3) is 0.367. The summed E-state index contributed by atoms with van der Waals surface area (Å²) in [7, 11) is -2.19. The van der Waals surface area contributed by atoms with Crippen LogP contribution in [0.2, 0.25) is 0 Å². The van der Waals surface area contributed by atoms with Crippen LogP contribution in [0.5, 0.6) is 0 Å². The normalized spacial score (nSPS) is 17.2. The minimum atomic E-state index is -4.28. The van der Waals surface area contributed by atoms with Crippen molar-refractivity contribution in [3.8, 4) is 0 Å². The Morgan fingerprint density at radius 2 is 1.80 bits per heavy atom. The molecule has 0 bridgehead atoms. The zero-order chi connectivity index (χ0) is 31.9. The highest BCUT2D eigenvalue weighted by Gasteiger charge is 2.41. The van der Waals surface area contributed by atoms with Crippen molar-refractivity contribution in [2.75, 3.05) is 55.3 Å². The summed E-state index contributed by atoms with van der Waals surface area (Å²) in [4.78, 5) is 25.1. The predicted molar refractivity (Wildman–Crippen MR) is 166 cm³/mol. The van der Waals surface area contributed by atoms with Gasteiger partial charge in [0, 0.05) is 85.8 Å². The summed E-state index contributed by atoms with van der Waals surface area (Å²) in [6.45, 7) is 7.47. The van der Waals surface area contributed by atoms with Crippen molar-refractivity contribution in [2.45, 2.75) is 37.2 Å². The molecule has 4 N–H and O–H groups in total. The van der Waals surface area contributed by atoms with E-state index in [9.17, 15) is 22.0 Å². The number of benzene rings is 2. The topological polar surface area (TPSA) is 142 Å². The molecule has 0 atom stereocenters. The van der Waals surface area contributed by atoms with E-state index in [-0.39, 0.29) is 18.9 Å². The molecule has 1 amide bonds. The fourth-order valence-corrected chi connectivity index (χ4v) is 7.43. The molecule has 0 unspecified atom stereocenters. The van der Waals surface area contributed by atoms with Crippen molar-refractivity contribution in [2.24, 2.45) is 0 Å². The molecule has 0 saturated carbocycles. The molecule has 1 saturated heterocycles. The van der Waals surface area contributed by atoms with Gasteiger partial charge in [-0.3, -0.25) is 9.89 Å². The Bertz CT molecular complexity index is 1800. The molecule has 0 radical (unpaired) electrons. The molecule has 1 fully saturated rings. The van der Waals surface area contributed by atoms with Gasteiger partial charge in [-0.05, 0) is 37.4 Å². The smallest absolute Gasteiger partial charge is 0.258 e. The minimum Gasteiger partial charge on any atom is -0.377 e. The van der Waals surface area contributed by atoms with Gasteiger partial charge in [-0.25, -0.2) is 22.2 Å². The number of carbonyl (C=O) groups excluding carboxylic acids is 1. The molecule has 2 aromatic carbocycles. The number of halogens is 2. The quantitative estimate of drug-likeness (QED) is 0.230. The van der Waals surface area contributed by atoms with Crippen LogP contribution in [0.4, 0.5) is 26.0 Å². The second kappa shape index (κ2) is 11.9. The molecule has 4 aromatic rings. The van der Waals surface area contributed by atoms with Gasteiger partial charge >= 0.3 is 0 Å². The number of sulfonamides is 1. The summed E-state index contributed by atoms with van der Waals surface area (Å²) in [5.41, 5.74) is 2.33. The Morgan fingerprint density at radius 1 is 1.07 bits per heavy atom. The van der Waals surface area contributed by atoms with E-state index in [0.717, 1.165) is 48.3 Å². The van der Waals surface area contributed by atoms with E-state index in [1.165, 1.54) is 0 Å². The number of piperazine rings is 1. The fourth-order valence-electron chi connectivity index (χ4n) is 5.82. The number of likely N-dealkylation sites (N-methyl/N-ethyl adjacent to an activating group) is 1. The predicted octanol–water partition coefficient (Wildman–Crippen LogP) is 3.51. The first kappa shape index (κ1) is 30.7. The number of aromatic nitrogens is 4. The Balaban J connectivity index is 1.28. The summed E-state index contributed by atoms with van der Waals surface area (Å²) >= 11 is 0. The highest BCUT2D eigenvalue weighted by molar-refractivity contribution is 7.89. The van der Waals surface area contributed by atoms with Crippen LogP contribution in [0.3, 0.4) is 0 Å². The minimum absolute atomic E-state index is 0.0324. The van der Waals surface area contributed by atoms with E-state index in [1.54, 1.807) is 18.5 Å². The summed E-state index contributed by atoms with van der Waals surface area (Å²) < 4.78 is 56.1. The van der Waals surface area contributed by atoms with Crippen LogP contribution in [0.15, 0.2) is 53.7 Å². The van der Waals surface area contributed by atoms with Crippen LogP contribution in [0.25, 0.3) is 0 Å². The van der Waals surface area contributed by atoms with Crippen molar-refractivity contribution in [3.63, 3.8) is 0 Å². The van der Waals surface area contributed by atoms with Crippen molar-refractivity contribution in [1.29, 1.82) is 0 Å². The lowest BCUT2D eigenvalue weighted by molar-refractivity contribution is 0.102. The third-order valence-corrected chi connectivity index (χ3v) is 10.0. The van der Waals surface area contributed by atoms with Gasteiger partial charge in [0.05, 0.1) is 17.0 Å². The van der Waals surface area contributed by atoms with Gasteiger partial charge in [0.15, 0.2) is 5.82 Å². The van der Waals surface area contributed by atoms with E-state index >= 15 is 0 Å². The lowest BCUT2D eigenvalue weighted by Crippen LogP contribution is -2.45. The molecule has 6 rings (SSSR count). The van der Waals surface area contributed by atoms with Crippen LogP contribution in [-0.2, 0) is 28.5 Å². The van der Waals surface area contributed by atoms with Gasteiger partial charge in [-0.15, -0.1) is 0 Å². The number of hydrogen-bond donors (Lipinski definition) is 4. The van der Waals surface area contributed by atoms with Gasteiger partial charge in [0.25, 0.3) is 5.91 Å². The third-order valence-electron chi connectivity index (χ3n) is 8.27. The maximum Gasteiger partial charge on any atom is 0.258 e. The molecule has 238 valence electrons. The number of carbonyl (C=O) groups is 1. The number of fused-ring (bicyclic) bond motifs is 1. The number of aromatic amines is 2. The lowest BCUT2D eigenvalue weighted by Gasteiger charge is -2.36. The average molecular weight is 640 g/mol. The number of amides is 1. The lowest BCUT2D eigenvalue weighted by atomic mass is 9.84. The summed E-state index contributed by atoms with van der Waals surface area (Å²) in [5, 5.41) is 13.5. The maximum absolute atomic E-state index is 13.9. The molecular formula is C30H35F2N9O3S. The van der Waals surface area contributed by atoms with Crippen LogP contribution in [0, 0.1) is 11.6 Å². The van der Waals surface area contributed by atoms with E-state index in [2.05, 4.69) is 47.6 Å². The number of H-pyrrole nitrogens is 2. The van der Waals surface area contributed by atoms with Gasteiger partial charge in [-0.1, -0.05) is 13.8 Å². The second-order valence-electron chi connectivity index (χ2n) is 12.1. The van der Waals surface area contributed by atoms with Gasteiger partial charge < -0.3 is 25.4 Å². The number of nitrogens with one attached hydrogen (secondary N) is 4. The molecule has 2 aliphatic heterocycles. The number of rotatable bonds is 8. The molecule has 12 nitrogen and oxygen atoms in total. The highest BCUT2D eigenvalue weighted by atomic mass is 32.2. The van der Waals surface area contributed by atoms with E-state index in [0.29, 0.717) is 40.9 Å². The van der Waals surface area contributed by atoms with Gasteiger partial charge in [0.1, 0.15) is 17.5 Å². The summed E-state index contributed by atoms with van der Waals surface area (Å²) in [6.07, 6.45) is 3.38. The number of hydrogen-bond acceptors (Lipinski definition) is 8. The zero-order valence-electron chi connectivity index (χ0n) is 25.2. The first-order valence-electron chi connectivity index (χ1n) is 14.6. The van der Waals surface area contributed by atoms with Crippen LogP contribution in [0.1, 0.15) is 41.3 Å². The van der Waals surface area contributed by atoms with Gasteiger partial charge in [-0.2, -0.15) is 9.40 Å². The van der Waals surface area contributed by atoms with Crippen molar-refractivity contribution < 1.29 is 22.0 Å². The van der Waals surface area contributed by atoms with Crippen LogP contribution >= 0.6 is 0 Å². The highest BCUT2D eigenvalue weighted by Crippen LogP contribution is 2.38. The molecule has 45 heavy (non-hydrogen) atoms. The van der Waals surface area contributed by atoms with Crippen molar-refractivity contribution in [3.05, 3.63) is 83.1 Å². The van der Waals surface area contributed by atoms with Crippen LogP contribution in [-0.4, -0.2) is 83.5 Å². The Labute approximate surface area is 259 Å². The summed E-state index contributed by atoms with van der Waals surface area (Å²) in [5.74, 6) is -1.54. The Hall–Kier alpha value is -4.34. The third kappa shape index (κ3) is 6.28. The number of imidazole rings is 1. The summed E-state index contributed by atoms with van der Waals surface area (Å²) in [6, 6.07) is 7.82. The van der Waals surface area contributed by atoms with E-state index in [1.807, 2.05) is 26.0 Å². The monoisotopic (exact) mass is 639 g/mol. The van der Waals surface area contributed by atoms with Gasteiger partial charge in [0.2, 0.25) is 10.0 Å². The Morgan fingerprint density at radius 3 is 2.49 bits per heavy atom. The maximum atomic E-state index is 13.9. The first-order chi connectivity index (χ1) is 21.4. The SMILES string of the molecule is CN1CCN(c2ccc(C(=O)Nc3n[nH]c4c3CN(S(=O)(=O)c3cc(F)cc(F)c3)CC4(C)C)c(NCc3ncc[nH]3)c2)CC1. The molecule has 15 heteroatoms. The average Bonchev–Trinajstić information content (AvgIpc) is 3.66. The molecule has 0 aliphatic carbocycles. The molecule has 0 spiro atoms. The number of nitrogens with zero attached hydrogens (tertiary/aromatic N) is 5. The Kier molecular flexibility index (Phi) is 8.09. The molecule has 4 heterocycles. The standard InChI is InChI=1S/C30H35F2N9O3S/c1-30(2)18-41(45(43,44)22-13-19(31)12-20(32)14-22)17-24-27(30)37-38-28(24)36-29(42)23-5-4-21(40-10-8-39(3)9-11-40)15-25(23)35-16-26-33-6-7-34-26/h4-7,12-15,35H,8-11,16-18H2,1-3H3,(H,33,34)(H2,36,37,38,42). The van der Waals surface area contributed by atoms with Crippen LogP contribution < -0.4 is 15.5 Å². The van der Waals surface area contributed by atoms with Crippen molar-refractivity contribution in [1.82, 2.24) is 29.4 Å².